The molecule has 0 saturated heterocycles. The highest BCUT2D eigenvalue weighted by atomic mass is 16.5. The van der Waals surface area contributed by atoms with Crippen molar-refractivity contribution in [2.45, 2.75) is 12.5 Å². The van der Waals surface area contributed by atoms with Crippen LogP contribution in [0.4, 0.5) is 0 Å². The van der Waals surface area contributed by atoms with Crippen molar-refractivity contribution in [2.24, 2.45) is 0 Å². The number of phenols is 1. The number of aromatic nitrogens is 1. The minimum atomic E-state index is -1.40. The predicted molar refractivity (Wildman–Crippen MR) is 181 cm³/mol. The standard InChI is InChI=1S/C39H25NO8/c41-27-15-12-23(19-24(27)20-46-30-11-5-6-18-40-30)31(34-36(42)32-25-9-3-1-7-21(25)13-16-28(32)47-38(34)44)35-37(43)33-26-10-4-2-8-22(26)14-17-29(33)48-39(35)45/h1-19,31,41-43H,20H2. The summed E-state index contributed by atoms with van der Waals surface area (Å²) in [6, 6.07) is 30.9. The first-order chi connectivity index (χ1) is 23.4. The van der Waals surface area contributed by atoms with Gasteiger partial charge < -0.3 is 28.9 Å². The fraction of sp³-hybridized carbons (Fsp3) is 0.0513. The van der Waals surface area contributed by atoms with Crippen LogP contribution in [0.3, 0.4) is 0 Å². The van der Waals surface area contributed by atoms with Crippen LogP contribution in [0.5, 0.6) is 23.1 Å². The molecular weight excluding hydrogens is 610 g/mol. The van der Waals surface area contributed by atoms with Gasteiger partial charge in [0.2, 0.25) is 5.88 Å². The van der Waals surface area contributed by atoms with Crippen LogP contribution in [0, 0.1) is 0 Å². The SMILES string of the molecule is O=c1oc2ccc3ccccc3c2c(O)c1C(c1ccc(O)c(COc2ccccn2)c1)c1c(O)c2c(ccc3ccccc32)oc1=O. The molecular formula is C39H25NO8. The fourth-order valence-electron chi connectivity index (χ4n) is 6.41. The van der Waals surface area contributed by atoms with E-state index in [1.165, 1.54) is 12.1 Å². The van der Waals surface area contributed by atoms with Gasteiger partial charge in [-0.2, -0.15) is 0 Å². The highest BCUT2D eigenvalue weighted by molar-refractivity contribution is 6.10. The number of ether oxygens (including phenoxy) is 1. The van der Waals surface area contributed by atoms with Gasteiger partial charge >= 0.3 is 11.3 Å². The number of benzene rings is 5. The quantitative estimate of drug-likeness (QED) is 0.125. The molecule has 0 atom stereocenters. The Morgan fingerprint density at radius 3 is 1.77 bits per heavy atom. The molecule has 0 aliphatic rings. The van der Waals surface area contributed by atoms with Crippen molar-refractivity contribution in [3.05, 3.63) is 158 Å². The van der Waals surface area contributed by atoms with Gasteiger partial charge in [-0.3, -0.25) is 0 Å². The van der Waals surface area contributed by atoms with Crippen molar-refractivity contribution < 1.29 is 28.9 Å². The van der Waals surface area contributed by atoms with E-state index in [2.05, 4.69) is 4.98 Å². The third-order valence-corrected chi connectivity index (χ3v) is 8.64. The highest BCUT2D eigenvalue weighted by Gasteiger charge is 2.33. The molecule has 3 aromatic heterocycles. The second-order valence-electron chi connectivity index (χ2n) is 11.4. The zero-order valence-corrected chi connectivity index (χ0v) is 25.1. The average Bonchev–Trinajstić information content (AvgIpc) is 3.10. The number of hydrogen-bond donors (Lipinski definition) is 3. The average molecular weight is 636 g/mol. The fourth-order valence-corrected chi connectivity index (χ4v) is 6.41. The maximum Gasteiger partial charge on any atom is 0.344 e. The first-order valence-electron chi connectivity index (χ1n) is 15.1. The number of phenolic OH excluding ortho intramolecular Hbond substituents is 1. The summed E-state index contributed by atoms with van der Waals surface area (Å²) in [7, 11) is 0. The minimum Gasteiger partial charge on any atom is -0.508 e. The van der Waals surface area contributed by atoms with Crippen molar-refractivity contribution in [3.8, 4) is 23.1 Å². The van der Waals surface area contributed by atoms with Crippen LogP contribution in [-0.2, 0) is 6.61 Å². The Morgan fingerprint density at radius 1 is 0.646 bits per heavy atom. The van der Waals surface area contributed by atoms with Crippen LogP contribution in [0.15, 0.2) is 134 Å². The van der Waals surface area contributed by atoms with E-state index in [4.69, 9.17) is 13.6 Å². The molecule has 0 unspecified atom stereocenters. The number of rotatable bonds is 6. The molecule has 0 fully saturated rings. The Hall–Kier alpha value is -6.61. The summed E-state index contributed by atoms with van der Waals surface area (Å²) < 4.78 is 17.4. The van der Waals surface area contributed by atoms with Gasteiger partial charge in [-0.05, 0) is 57.4 Å². The van der Waals surface area contributed by atoms with E-state index in [9.17, 15) is 24.9 Å². The van der Waals surface area contributed by atoms with E-state index in [1.807, 2.05) is 24.3 Å². The summed E-state index contributed by atoms with van der Waals surface area (Å²) in [5.74, 6) is -2.04. The topological polar surface area (TPSA) is 143 Å². The van der Waals surface area contributed by atoms with Gasteiger partial charge in [0.1, 0.15) is 35.0 Å². The van der Waals surface area contributed by atoms with Gasteiger partial charge in [-0.1, -0.05) is 72.8 Å². The molecule has 0 spiro atoms. The van der Waals surface area contributed by atoms with Crippen molar-refractivity contribution in [3.63, 3.8) is 0 Å². The van der Waals surface area contributed by atoms with Crippen LogP contribution >= 0.6 is 0 Å². The zero-order chi connectivity index (χ0) is 32.9. The summed E-state index contributed by atoms with van der Waals surface area (Å²) in [5.41, 5.74) is -1.55. The lowest BCUT2D eigenvalue weighted by Gasteiger charge is -2.21. The molecule has 8 rings (SSSR count). The maximum atomic E-state index is 13.9. The second kappa shape index (κ2) is 11.3. The van der Waals surface area contributed by atoms with E-state index < -0.39 is 28.7 Å². The number of aromatic hydroxyl groups is 3. The first-order valence-corrected chi connectivity index (χ1v) is 15.1. The van der Waals surface area contributed by atoms with E-state index in [-0.39, 0.29) is 51.0 Å². The molecule has 3 N–H and O–H groups in total. The highest BCUT2D eigenvalue weighted by Crippen LogP contribution is 2.45. The smallest absolute Gasteiger partial charge is 0.344 e. The van der Waals surface area contributed by atoms with Gasteiger partial charge in [0.05, 0.1) is 27.8 Å². The van der Waals surface area contributed by atoms with Gasteiger partial charge in [0, 0.05) is 17.8 Å². The van der Waals surface area contributed by atoms with Crippen LogP contribution in [0.1, 0.15) is 28.2 Å². The molecule has 234 valence electrons. The van der Waals surface area contributed by atoms with Crippen molar-refractivity contribution in [2.75, 3.05) is 0 Å². The molecule has 8 aromatic rings. The van der Waals surface area contributed by atoms with E-state index in [0.717, 1.165) is 10.8 Å². The lowest BCUT2D eigenvalue weighted by atomic mass is 9.83. The number of pyridine rings is 1. The second-order valence-corrected chi connectivity index (χ2v) is 11.4. The molecule has 9 nitrogen and oxygen atoms in total. The van der Waals surface area contributed by atoms with Crippen molar-refractivity contribution in [1.82, 2.24) is 4.98 Å². The summed E-state index contributed by atoms with van der Waals surface area (Å²) in [4.78, 5) is 32.0. The Bertz CT molecular complexity index is 2520. The normalized spacial score (nSPS) is 11.6. The van der Waals surface area contributed by atoms with E-state index in [0.29, 0.717) is 22.2 Å². The number of nitrogens with zero attached hydrogens (tertiary/aromatic N) is 1. The Kier molecular flexibility index (Phi) is 6.80. The molecule has 0 aliphatic heterocycles. The molecule has 48 heavy (non-hydrogen) atoms. The van der Waals surface area contributed by atoms with Gasteiger partial charge in [0.25, 0.3) is 0 Å². The molecule has 0 bridgehead atoms. The zero-order valence-electron chi connectivity index (χ0n) is 25.1. The molecule has 0 saturated carbocycles. The van der Waals surface area contributed by atoms with Crippen molar-refractivity contribution in [1.29, 1.82) is 0 Å². The largest absolute Gasteiger partial charge is 0.508 e. The number of fused-ring (bicyclic) bond motifs is 6. The van der Waals surface area contributed by atoms with Gasteiger partial charge in [-0.15, -0.1) is 0 Å². The molecule has 0 amide bonds. The third kappa shape index (κ3) is 4.68. The van der Waals surface area contributed by atoms with Crippen LogP contribution in [0.2, 0.25) is 0 Å². The molecule has 5 aromatic carbocycles. The summed E-state index contributed by atoms with van der Waals surface area (Å²) in [5, 5.41) is 38.2. The predicted octanol–water partition coefficient (Wildman–Crippen LogP) is 7.48. The summed E-state index contributed by atoms with van der Waals surface area (Å²) in [6.45, 7) is -0.116. The third-order valence-electron chi connectivity index (χ3n) is 8.64. The van der Waals surface area contributed by atoms with Crippen LogP contribution in [-0.4, -0.2) is 20.3 Å². The maximum absolute atomic E-state index is 13.9. The van der Waals surface area contributed by atoms with Crippen molar-refractivity contribution >= 4 is 43.5 Å². The molecule has 9 heteroatoms. The number of hydrogen-bond acceptors (Lipinski definition) is 9. The van der Waals surface area contributed by atoms with Gasteiger partial charge in [0.15, 0.2) is 0 Å². The van der Waals surface area contributed by atoms with E-state index in [1.54, 1.807) is 79.0 Å². The Labute approximate surface area is 271 Å². The molecule has 0 aliphatic carbocycles. The minimum absolute atomic E-state index is 0.116. The van der Waals surface area contributed by atoms with Crippen LogP contribution < -0.4 is 16.0 Å². The lowest BCUT2D eigenvalue weighted by molar-refractivity contribution is 0.287. The molecule has 3 heterocycles. The van der Waals surface area contributed by atoms with Crippen LogP contribution in [0.25, 0.3) is 43.5 Å². The summed E-state index contributed by atoms with van der Waals surface area (Å²) in [6.07, 6.45) is 1.57. The van der Waals surface area contributed by atoms with Gasteiger partial charge in [-0.25, -0.2) is 14.6 Å². The molecule has 0 radical (unpaired) electrons. The summed E-state index contributed by atoms with van der Waals surface area (Å²) >= 11 is 0. The Balaban J connectivity index is 1.43. The lowest BCUT2D eigenvalue weighted by Crippen LogP contribution is -2.21. The Morgan fingerprint density at radius 2 is 1.21 bits per heavy atom. The monoisotopic (exact) mass is 635 g/mol. The van der Waals surface area contributed by atoms with E-state index >= 15 is 0 Å². The first kappa shape index (κ1) is 28.8.